The van der Waals surface area contributed by atoms with E-state index >= 15 is 0 Å². The van der Waals surface area contributed by atoms with Gasteiger partial charge in [-0.1, -0.05) is 23.7 Å². The van der Waals surface area contributed by atoms with Crippen molar-refractivity contribution in [3.63, 3.8) is 0 Å². The number of para-hydroxylation sites is 1. The Morgan fingerprint density at radius 1 is 0.844 bits per heavy atom. The monoisotopic (exact) mass is 443 g/mol. The van der Waals surface area contributed by atoms with Crippen LogP contribution < -0.4 is 10.2 Å². The maximum atomic E-state index is 12.4. The summed E-state index contributed by atoms with van der Waals surface area (Å²) in [6, 6.07) is 24.3. The van der Waals surface area contributed by atoms with Crippen molar-refractivity contribution in [2.24, 2.45) is 5.10 Å². The molecule has 6 nitrogen and oxygen atoms in total. The van der Waals surface area contributed by atoms with Gasteiger partial charge < -0.3 is 9.30 Å². The van der Waals surface area contributed by atoms with E-state index in [1.165, 1.54) is 6.21 Å². The highest BCUT2D eigenvalue weighted by Crippen LogP contribution is 2.18. The number of nitrogens with zero attached hydrogens (tertiary/aromatic N) is 2. The molecule has 0 spiro atoms. The molecule has 1 heterocycles. The molecule has 158 valence electrons. The van der Waals surface area contributed by atoms with Gasteiger partial charge in [-0.2, -0.15) is 5.10 Å². The third-order valence-corrected chi connectivity index (χ3v) is 4.86. The molecule has 4 rings (SSSR count). The number of hydrogen-bond acceptors (Lipinski definition) is 4. The second-order valence-corrected chi connectivity index (χ2v) is 7.21. The molecule has 1 N–H and O–H groups in total. The minimum absolute atomic E-state index is 0.321. The van der Waals surface area contributed by atoms with E-state index < -0.39 is 5.97 Å². The largest absolute Gasteiger partial charge is 0.422 e. The standard InChI is InChI=1S/C25H18ClN3O3/c26-21-11-7-19(8-12-21)25(31)32-23-6-2-1-5-20(23)17-27-28-24(30)18-9-13-22(14-10-18)29-15-3-4-16-29/h1-17H,(H,28,30). The molecule has 0 aliphatic rings. The first-order valence-electron chi connectivity index (χ1n) is 9.74. The highest BCUT2D eigenvalue weighted by Gasteiger charge is 2.11. The lowest BCUT2D eigenvalue weighted by molar-refractivity contribution is 0.0734. The number of carbonyl (C=O) groups is 2. The third-order valence-electron chi connectivity index (χ3n) is 4.60. The quantitative estimate of drug-likeness (QED) is 0.195. The van der Waals surface area contributed by atoms with Crippen LogP contribution in [0.25, 0.3) is 5.69 Å². The van der Waals surface area contributed by atoms with Crippen LogP contribution in [0.3, 0.4) is 0 Å². The lowest BCUT2D eigenvalue weighted by Gasteiger charge is -2.07. The fourth-order valence-electron chi connectivity index (χ4n) is 2.94. The molecule has 4 aromatic rings. The number of carbonyl (C=O) groups excluding carboxylic acids is 2. The van der Waals surface area contributed by atoms with E-state index in [4.69, 9.17) is 16.3 Å². The molecule has 0 aliphatic carbocycles. The maximum Gasteiger partial charge on any atom is 0.343 e. The van der Waals surface area contributed by atoms with Gasteiger partial charge >= 0.3 is 5.97 Å². The Labute approximate surface area is 189 Å². The first kappa shape index (κ1) is 21.1. The van der Waals surface area contributed by atoms with Crippen LogP contribution in [0.4, 0.5) is 0 Å². The van der Waals surface area contributed by atoms with Crippen LogP contribution in [0.5, 0.6) is 5.75 Å². The second-order valence-electron chi connectivity index (χ2n) is 6.77. The van der Waals surface area contributed by atoms with Crippen molar-refractivity contribution >= 4 is 29.7 Å². The summed E-state index contributed by atoms with van der Waals surface area (Å²) in [7, 11) is 0. The fourth-order valence-corrected chi connectivity index (χ4v) is 3.07. The van der Waals surface area contributed by atoms with Gasteiger partial charge in [-0.25, -0.2) is 10.2 Å². The number of halogens is 1. The summed E-state index contributed by atoms with van der Waals surface area (Å²) in [5.74, 6) is -0.549. The number of esters is 1. The summed E-state index contributed by atoms with van der Waals surface area (Å²) < 4.78 is 7.42. The van der Waals surface area contributed by atoms with E-state index in [2.05, 4.69) is 10.5 Å². The highest BCUT2D eigenvalue weighted by atomic mass is 35.5. The van der Waals surface area contributed by atoms with E-state index in [9.17, 15) is 9.59 Å². The van der Waals surface area contributed by atoms with Crippen LogP contribution in [-0.4, -0.2) is 22.7 Å². The Kier molecular flexibility index (Phi) is 6.43. The molecule has 0 saturated heterocycles. The van der Waals surface area contributed by atoms with Gasteiger partial charge in [0.15, 0.2) is 0 Å². The highest BCUT2D eigenvalue weighted by molar-refractivity contribution is 6.30. The Morgan fingerprint density at radius 2 is 1.50 bits per heavy atom. The molecule has 7 heteroatoms. The van der Waals surface area contributed by atoms with Crippen molar-refractivity contribution in [3.05, 3.63) is 119 Å². The van der Waals surface area contributed by atoms with Crippen molar-refractivity contribution in [1.82, 2.24) is 9.99 Å². The number of amides is 1. The van der Waals surface area contributed by atoms with Gasteiger partial charge in [-0.3, -0.25) is 4.79 Å². The van der Waals surface area contributed by atoms with Gasteiger partial charge in [0.1, 0.15) is 5.75 Å². The molecule has 0 saturated carbocycles. The SMILES string of the molecule is O=C(NN=Cc1ccccc1OC(=O)c1ccc(Cl)cc1)c1ccc(-n2cccc2)cc1. The molecular formula is C25H18ClN3O3. The van der Waals surface area contributed by atoms with Gasteiger partial charge in [0.25, 0.3) is 5.91 Å². The molecule has 32 heavy (non-hydrogen) atoms. The number of aromatic nitrogens is 1. The maximum absolute atomic E-state index is 12.4. The van der Waals surface area contributed by atoms with E-state index in [0.29, 0.717) is 27.5 Å². The molecule has 3 aromatic carbocycles. The fraction of sp³-hybridized carbons (Fsp3) is 0. The molecular weight excluding hydrogens is 426 g/mol. The topological polar surface area (TPSA) is 72.7 Å². The van der Waals surface area contributed by atoms with Crippen LogP contribution in [-0.2, 0) is 0 Å². The molecule has 0 radical (unpaired) electrons. The van der Waals surface area contributed by atoms with Crippen LogP contribution in [0.1, 0.15) is 26.3 Å². The van der Waals surface area contributed by atoms with Crippen molar-refractivity contribution < 1.29 is 14.3 Å². The van der Waals surface area contributed by atoms with E-state index in [1.54, 1.807) is 60.7 Å². The molecule has 1 aromatic heterocycles. The van der Waals surface area contributed by atoms with Crippen LogP contribution in [0.2, 0.25) is 5.02 Å². The summed E-state index contributed by atoms with van der Waals surface area (Å²) >= 11 is 5.85. The normalized spacial score (nSPS) is 10.8. The number of rotatable bonds is 6. The summed E-state index contributed by atoms with van der Waals surface area (Å²) in [6.45, 7) is 0. The number of ether oxygens (including phenoxy) is 1. The van der Waals surface area contributed by atoms with Gasteiger partial charge in [0.05, 0.1) is 11.8 Å². The van der Waals surface area contributed by atoms with Crippen molar-refractivity contribution in [3.8, 4) is 11.4 Å². The number of benzene rings is 3. The summed E-state index contributed by atoms with van der Waals surface area (Å²) in [4.78, 5) is 24.8. The summed E-state index contributed by atoms with van der Waals surface area (Å²) in [6.07, 6.45) is 5.28. The van der Waals surface area contributed by atoms with Gasteiger partial charge in [-0.05, 0) is 72.8 Å². The Morgan fingerprint density at radius 3 is 2.22 bits per heavy atom. The first-order valence-corrected chi connectivity index (χ1v) is 10.1. The molecule has 1 amide bonds. The number of nitrogens with one attached hydrogen (secondary N) is 1. The van der Waals surface area contributed by atoms with Gasteiger partial charge in [0.2, 0.25) is 0 Å². The van der Waals surface area contributed by atoms with Crippen LogP contribution in [0, 0.1) is 0 Å². The zero-order valence-corrected chi connectivity index (χ0v) is 17.6. The number of hydrogen-bond donors (Lipinski definition) is 1. The Hall–Kier alpha value is -4.16. The van der Waals surface area contributed by atoms with Crippen LogP contribution in [0.15, 0.2) is 102 Å². The van der Waals surface area contributed by atoms with E-state index in [0.717, 1.165) is 5.69 Å². The summed E-state index contributed by atoms with van der Waals surface area (Å²) in [5, 5.41) is 4.54. The van der Waals surface area contributed by atoms with Crippen LogP contribution >= 0.6 is 11.6 Å². The molecule has 0 fully saturated rings. The zero-order chi connectivity index (χ0) is 22.3. The first-order chi connectivity index (χ1) is 15.6. The number of hydrazone groups is 1. The average Bonchev–Trinajstić information content (AvgIpc) is 3.36. The zero-order valence-electron chi connectivity index (χ0n) is 16.8. The summed E-state index contributed by atoms with van der Waals surface area (Å²) in [5.41, 5.74) is 4.82. The minimum Gasteiger partial charge on any atom is -0.422 e. The van der Waals surface area contributed by atoms with E-state index in [-0.39, 0.29) is 5.91 Å². The molecule has 0 aliphatic heterocycles. The van der Waals surface area contributed by atoms with Gasteiger partial charge in [0, 0.05) is 34.2 Å². The Bertz CT molecular complexity index is 1250. The van der Waals surface area contributed by atoms with Crippen molar-refractivity contribution in [1.29, 1.82) is 0 Å². The van der Waals surface area contributed by atoms with Crippen molar-refractivity contribution in [2.45, 2.75) is 0 Å². The third kappa shape index (κ3) is 5.11. The van der Waals surface area contributed by atoms with E-state index in [1.807, 2.05) is 41.2 Å². The van der Waals surface area contributed by atoms with Crippen molar-refractivity contribution in [2.75, 3.05) is 0 Å². The molecule has 0 bridgehead atoms. The second kappa shape index (κ2) is 9.76. The smallest absolute Gasteiger partial charge is 0.343 e. The molecule has 0 atom stereocenters. The minimum atomic E-state index is -0.519. The predicted octanol–water partition coefficient (Wildman–Crippen LogP) is 5.11. The molecule has 0 unspecified atom stereocenters. The lowest BCUT2D eigenvalue weighted by Crippen LogP contribution is -2.17. The predicted molar refractivity (Wildman–Crippen MR) is 124 cm³/mol. The lowest BCUT2D eigenvalue weighted by atomic mass is 10.2. The van der Waals surface area contributed by atoms with Gasteiger partial charge in [-0.15, -0.1) is 0 Å². The average molecular weight is 444 g/mol. The Balaban J connectivity index is 1.41.